The third-order valence-corrected chi connectivity index (χ3v) is 6.91. The predicted molar refractivity (Wildman–Crippen MR) is 137 cm³/mol. The molecule has 1 fully saturated rings. The van der Waals surface area contributed by atoms with Crippen molar-refractivity contribution < 1.29 is 4.79 Å². The van der Waals surface area contributed by atoms with Crippen molar-refractivity contribution in [1.82, 2.24) is 19.9 Å². The Balaban J connectivity index is 1.62. The van der Waals surface area contributed by atoms with Gasteiger partial charge >= 0.3 is 0 Å². The van der Waals surface area contributed by atoms with Crippen molar-refractivity contribution in [2.75, 3.05) is 18.0 Å². The van der Waals surface area contributed by atoms with E-state index in [1.807, 2.05) is 36.4 Å². The van der Waals surface area contributed by atoms with Crippen LogP contribution in [0.1, 0.15) is 52.3 Å². The number of hydrogen-bond donors (Lipinski definition) is 1. The summed E-state index contributed by atoms with van der Waals surface area (Å²) in [6.45, 7) is 8.64. The van der Waals surface area contributed by atoms with Crippen LogP contribution >= 0.6 is 0 Å². The highest BCUT2D eigenvalue weighted by Gasteiger charge is 2.25. The number of fused-ring (bicyclic) bond motifs is 1. The van der Waals surface area contributed by atoms with Crippen LogP contribution in [0.2, 0.25) is 0 Å². The van der Waals surface area contributed by atoms with E-state index in [4.69, 9.17) is 9.97 Å². The Labute approximate surface area is 200 Å². The highest BCUT2D eigenvalue weighted by molar-refractivity contribution is 5.98. The van der Waals surface area contributed by atoms with E-state index < -0.39 is 0 Å². The number of piperidine rings is 1. The van der Waals surface area contributed by atoms with Crippen LogP contribution in [0.4, 0.5) is 5.82 Å². The number of para-hydroxylation sites is 1. The fourth-order valence-corrected chi connectivity index (χ4v) is 4.83. The lowest BCUT2D eigenvalue weighted by atomic mass is 10.1. The summed E-state index contributed by atoms with van der Waals surface area (Å²) in [6, 6.07) is 18.3. The Morgan fingerprint density at radius 1 is 0.912 bits per heavy atom. The molecule has 0 saturated carbocycles. The number of anilines is 1. The number of carbonyl (C=O) groups excluding carboxylic acids is 1. The van der Waals surface area contributed by atoms with E-state index in [0.29, 0.717) is 6.54 Å². The molecule has 0 radical (unpaired) electrons. The molecule has 1 saturated heterocycles. The van der Waals surface area contributed by atoms with Gasteiger partial charge in [-0.2, -0.15) is 0 Å². The molecule has 3 heterocycles. The Morgan fingerprint density at radius 2 is 1.62 bits per heavy atom. The average Bonchev–Trinajstić information content (AvgIpc) is 3.13. The Morgan fingerprint density at radius 3 is 2.35 bits per heavy atom. The topological polar surface area (TPSA) is 63.1 Å². The first-order chi connectivity index (χ1) is 16.5. The summed E-state index contributed by atoms with van der Waals surface area (Å²) < 4.78 is 2.15. The highest BCUT2D eigenvalue weighted by Crippen LogP contribution is 2.34. The van der Waals surface area contributed by atoms with Crippen molar-refractivity contribution in [3.05, 3.63) is 82.8 Å². The number of rotatable bonds is 5. The van der Waals surface area contributed by atoms with Crippen LogP contribution in [0.25, 0.3) is 16.7 Å². The third-order valence-electron chi connectivity index (χ3n) is 6.91. The molecule has 0 atom stereocenters. The van der Waals surface area contributed by atoms with Crippen LogP contribution in [0.5, 0.6) is 0 Å². The predicted octanol–water partition coefficient (Wildman–Crippen LogP) is 5.27. The number of hydrogen-bond acceptors (Lipinski definition) is 4. The van der Waals surface area contributed by atoms with Crippen molar-refractivity contribution >= 4 is 22.8 Å². The van der Waals surface area contributed by atoms with Crippen LogP contribution < -0.4 is 10.2 Å². The molecule has 1 N–H and O–H groups in total. The van der Waals surface area contributed by atoms with Gasteiger partial charge < -0.3 is 10.2 Å². The molecule has 0 aliphatic carbocycles. The molecule has 0 unspecified atom stereocenters. The second kappa shape index (κ2) is 9.29. The molecule has 1 aliphatic rings. The van der Waals surface area contributed by atoms with Gasteiger partial charge in [-0.3, -0.25) is 9.36 Å². The summed E-state index contributed by atoms with van der Waals surface area (Å²) in [7, 11) is 0. The van der Waals surface area contributed by atoms with Crippen LogP contribution in [-0.2, 0) is 6.54 Å². The molecule has 5 rings (SSSR count). The second-order valence-electron chi connectivity index (χ2n) is 9.11. The van der Waals surface area contributed by atoms with Gasteiger partial charge in [-0.15, -0.1) is 0 Å². The zero-order valence-corrected chi connectivity index (χ0v) is 20.1. The quantitative estimate of drug-likeness (QED) is 0.447. The van der Waals surface area contributed by atoms with E-state index in [1.165, 1.54) is 6.42 Å². The largest absolute Gasteiger partial charge is 0.356 e. The maximum atomic E-state index is 13.3. The lowest BCUT2D eigenvalue weighted by Crippen LogP contribution is -2.32. The first-order valence-electron chi connectivity index (χ1n) is 12.1. The average molecular weight is 454 g/mol. The number of aryl methyl sites for hydroxylation is 2. The minimum Gasteiger partial charge on any atom is -0.356 e. The van der Waals surface area contributed by atoms with Gasteiger partial charge in [-0.1, -0.05) is 42.5 Å². The molecule has 1 aliphatic heterocycles. The van der Waals surface area contributed by atoms with Crippen LogP contribution in [0, 0.1) is 20.8 Å². The Bertz CT molecular complexity index is 1340. The number of nitrogens with one attached hydrogen (secondary N) is 1. The van der Waals surface area contributed by atoms with E-state index >= 15 is 0 Å². The van der Waals surface area contributed by atoms with E-state index in [9.17, 15) is 4.79 Å². The first-order valence-corrected chi connectivity index (χ1v) is 12.1. The lowest BCUT2D eigenvalue weighted by Gasteiger charge is -2.28. The van der Waals surface area contributed by atoms with Gasteiger partial charge in [-0.05, 0) is 68.9 Å². The molecular weight excluding hydrogens is 422 g/mol. The molecule has 2 aromatic carbocycles. The van der Waals surface area contributed by atoms with Crippen molar-refractivity contribution in [3.63, 3.8) is 0 Å². The van der Waals surface area contributed by atoms with E-state index in [2.05, 4.69) is 53.8 Å². The maximum absolute atomic E-state index is 13.3. The Hall–Kier alpha value is -3.67. The molecular formula is C28H31N5O. The molecule has 2 aromatic heterocycles. The first kappa shape index (κ1) is 22.1. The number of amides is 1. The summed E-state index contributed by atoms with van der Waals surface area (Å²) in [5.74, 6) is 0.844. The van der Waals surface area contributed by atoms with Crippen LogP contribution in [-0.4, -0.2) is 33.5 Å². The zero-order chi connectivity index (χ0) is 23.7. The maximum Gasteiger partial charge on any atom is 0.289 e. The van der Waals surface area contributed by atoms with Gasteiger partial charge in [0.1, 0.15) is 5.82 Å². The summed E-state index contributed by atoms with van der Waals surface area (Å²) in [5, 5.41) is 4.08. The molecule has 1 amide bonds. The minimum absolute atomic E-state index is 0.219. The summed E-state index contributed by atoms with van der Waals surface area (Å²) in [4.78, 5) is 25.3. The third kappa shape index (κ3) is 4.04. The zero-order valence-electron chi connectivity index (χ0n) is 20.1. The fraction of sp³-hybridized carbons (Fsp3) is 0.321. The lowest BCUT2D eigenvalue weighted by molar-refractivity contribution is 0.0941. The van der Waals surface area contributed by atoms with Gasteiger partial charge in [-0.25, -0.2) is 9.97 Å². The summed E-state index contributed by atoms with van der Waals surface area (Å²) in [6.07, 6.45) is 3.51. The van der Waals surface area contributed by atoms with E-state index in [1.54, 1.807) is 0 Å². The van der Waals surface area contributed by atoms with E-state index in [-0.39, 0.29) is 11.7 Å². The Kier molecular flexibility index (Phi) is 6.05. The highest BCUT2D eigenvalue weighted by atomic mass is 16.2. The normalized spacial score (nSPS) is 13.9. The molecule has 6 nitrogen and oxygen atoms in total. The van der Waals surface area contributed by atoms with Crippen molar-refractivity contribution in [2.24, 2.45) is 0 Å². The standard InChI is InChI=1S/C28H31N5O/c1-19-12-8-9-13-22(19)18-29-28(34)25-30-26(32-16-10-5-11-17-32)24-20(2)21(3)33(27(24)31-25)23-14-6-4-7-15-23/h4,6-9,12-15H,5,10-11,16-18H2,1-3H3,(H,29,34). The number of nitrogens with zero attached hydrogens (tertiary/aromatic N) is 4. The molecule has 0 spiro atoms. The molecule has 174 valence electrons. The molecule has 6 heteroatoms. The van der Waals surface area contributed by atoms with Gasteiger partial charge in [0.2, 0.25) is 5.82 Å². The number of benzene rings is 2. The van der Waals surface area contributed by atoms with Crippen molar-refractivity contribution in [3.8, 4) is 5.69 Å². The molecule has 4 aromatic rings. The summed E-state index contributed by atoms with van der Waals surface area (Å²) in [5.41, 5.74) is 6.34. The van der Waals surface area contributed by atoms with E-state index in [0.717, 1.165) is 70.9 Å². The SMILES string of the molecule is Cc1ccccc1CNC(=O)c1nc(N2CCCCC2)c2c(C)c(C)n(-c3ccccc3)c2n1. The monoisotopic (exact) mass is 453 g/mol. The van der Waals surface area contributed by atoms with Crippen molar-refractivity contribution in [2.45, 2.75) is 46.6 Å². The van der Waals surface area contributed by atoms with Crippen molar-refractivity contribution in [1.29, 1.82) is 0 Å². The second-order valence-corrected chi connectivity index (χ2v) is 9.11. The number of carbonyl (C=O) groups is 1. The van der Waals surface area contributed by atoms with Gasteiger partial charge in [0, 0.05) is 31.0 Å². The molecule has 0 bridgehead atoms. The van der Waals surface area contributed by atoms with Gasteiger partial charge in [0.25, 0.3) is 5.91 Å². The smallest absolute Gasteiger partial charge is 0.289 e. The molecule has 34 heavy (non-hydrogen) atoms. The number of aromatic nitrogens is 3. The minimum atomic E-state index is -0.250. The van der Waals surface area contributed by atoms with Crippen LogP contribution in [0.15, 0.2) is 54.6 Å². The van der Waals surface area contributed by atoms with Gasteiger partial charge in [0.15, 0.2) is 5.65 Å². The van der Waals surface area contributed by atoms with Gasteiger partial charge in [0.05, 0.1) is 5.39 Å². The fourth-order valence-electron chi connectivity index (χ4n) is 4.83. The van der Waals surface area contributed by atoms with Crippen LogP contribution in [0.3, 0.4) is 0 Å². The summed E-state index contributed by atoms with van der Waals surface area (Å²) >= 11 is 0.